The van der Waals surface area contributed by atoms with Gasteiger partial charge >= 0.3 is 6.03 Å². The summed E-state index contributed by atoms with van der Waals surface area (Å²) in [5, 5.41) is 5.03. The van der Waals surface area contributed by atoms with Gasteiger partial charge in [0.15, 0.2) is 0 Å². The van der Waals surface area contributed by atoms with Crippen molar-refractivity contribution in [3.63, 3.8) is 0 Å². The molecule has 0 radical (unpaired) electrons. The highest BCUT2D eigenvalue weighted by Gasteiger charge is 2.33. The third-order valence-corrected chi connectivity index (χ3v) is 7.77. The van der Waals surface area contributed by atoms with Gasteiger partial charge in [0.05, 0.1) is 12.6 Å². The van der Waals surface area contributed by atoms with Crippen LogP contribution in [-0.2, 0) is 17.8 Å². The third kappa shape index (κ3) is 5.39. The quantitative estimate of drug-likeness (QED) is 0.588. The molecule has 182 valence electrons. The Morgan fingerprint density at radius 3 is 2.49 bits per heavy atom. The Hall–Kier alpha value is -3.23. The number of benzene rings is 2. The largest absolute Gasteiger partial charge is 0.338 e. The summed E-state index contributed by atoms with van der Waals surface area (Å²) >= 11 is 1.72. The average molecular weight is 493 g/mol. The van der Waals surface area contributed by atoms with Gasteiger partial charge in [0.25, 0.3) is 0 Å². The van der Waals surface area contributed by atoms with E-state index in [0.717, 1.165) is 24.1 Å². The molecule has 0 spiro atoms. The van der Waals surface area contributed by atoms with Crippen LogP contribution < -0.4 is 5.32 Å². The number of piperazine rings is 1. The average Bonchev–Trinajstić information content (AvgIpc) is 3.37. The summed E-state index contributed by atoms with van der Waals surface area (Å²) in [6, 6.07) is 18.4. The molecule has 1 saturated heterocycles. The van der Waals surface area contributed by atoms with Crippen molar-refractivity contribution >= 4 is 23.3 Å². The summed E-state index contributed by atoms with van der Waals surface area (Å²) < 4.78 is 14.0. The second-order valence-corrected chi connectivity index (χ2v) is 9.99. The molecule has 5 rings (SSSR count). The number of fused-ring (bicyclic) bond motifs is 1. The van der Waals surface area contributed by atoms with Crippen molar-refractivity contribution in [1.82, 2.24) is 20.0 Å². The number of carbonyl (C=O) groups is 2. The van der Waals surface area contributed by atoms with Crippen LogP contribution in [-0.4, -0.2) is 65.9 Å². The highest BCUT2D eigenvalue weighted by Crippen LogP contribution is 2.37. The van der Waals surface area contributed by atoms with E-state index in [-0.39, 0.29) is 30.3 Å². The summed E-state index contributed by atoms with van der Waals surface area (Å²) in [6.07, 6.45) is 0.890. The molecule has 1 N–H and O–H groups in total. The topological polar surface area (TPSA) is 55.9 Å². The molecule has 1 atom stereocenters. The van der Waals surface area contributed by atoms with Crippen LogP contribution in [0.3, 0.4) is 0 Å². The summed E-state index contributed by atoms with van der Waals surface area (Å²) in [5.41, 5.74) is 3.09. The van der Waals surface area contributed by atoms with Crippen LogP contribution in [0.15, 0.2) is 66.0 Å². The molecule has 3 aromatic rings. The maximum absolute atomic E-state index is 14.0. The molecule has 35 heavy (non-hydrogen) atoms. The Balaban J connectivity index is 1.18. The van der Waals surface area contributed by atoms with E-state index in [4.69, 9.17) is 0 Å². The third-order valence-electron chi connectivity index (χ3n) is 6.77. The number of halogens is 1. The predicted octanol–water partition coefficient (Wildman–Crippen LogP) is 3.89. The first-order valence-corrected chi connectivity index (χ1v) is 12.9. The fourth-order valence-electron chi connectivity index (χ4n) is 4.92. The number of rotatable bonds is 5. The molecular weight excluding hydrogens is 463 g/mol. The number of amides is 3. The van der Waals surface area contributed by atoms with Gasteiger partial charge in [0.2, 0.25) is 5.91 Å². The highest BCUT2D eigenvalue weighted by molar-refractivity contribution is 7.10. The van der Waals surface area contributed by atoms with E-state index in [2.05, 4.69) is 21.7 Å². The zero-order valence-corrected chi connectivity index (χ0v) is 20.3. The molecule has 3 heterocycles. The van der Waals surface area contributed by atoms with E-state index in [1.165, 1.54) is 16.5 Å². The smallest absolute Gasteiger partial charge is 0.317 e. The number of carbonyl (C=O) groups excluding carboxylic acids is 2. The van der Waals surface area contributed by atoms with Crippen molar-refractivity contribution in [2.45, 2.75) is 19.0 Å². The predicted molar refractivity (Wildman–Crippen MR) is 135 cm³/mol. The van der Waals surface area contributed by atoms with Crippen molar-refractivity contribution in [1.29, 1.82) is 0 Å². The summed E-state index contributed by atoms with van der Waals surface area (Å²) in [6.45, 7) is 3.56. The minimum absolute atomic E-state index is 0.0504. The number of nitrogens with one attached hydrogen (secondary N) is 1. The lowest BCUT2D eigenvalue weighted by molar-refractivity contribution is -0.134. The van der Waals surface area contributed by atoms with Gasteiger partial charge in [-0.15, -0.1) is 11.3 Å². The van der Waals surface area contributed by atoms with Crippen molar-refractivity contribution < 1.29 is 14.0 Å². The van der Waals surface area contributed by atoms with E-state index in [9.17, 15) is 14.0 Å². The molecule has 8 heteroatoms. The van der Waals surface area contributed by atoms with E-state index >= 15 is 0 Å². The van der Waals surface area contributed by atoms with Crippen LogP contribution in [0.5, 0.6) is 0 Å². The van der Waals surface area contributed by atoms with Crippen molar-refractivity contribution in [3.8, 4) is 0 Å². The monoisotopic (exact) mass is 492 g/mol. The van der Waals surface area contributed by atoms with Crippen LogP contribution in [0.25, 0.3) is 0 Å². The molecule has 2 aliphatic rings. The molecule has 6 nitrogen and oxygen atoms in total. The van der Waals surface area contributed by atoms with Gasteiger partial charge < -0.3 is 15.1 Å². The molecule has 0 saturated carbocycles. The van der Waals surface area contributed by atoms with Crippen molar-refractivity contribution in [2.24, 2.45) is 0 Å². The number of hydrogen-bond donors (Lipinski definition) is 1. The maximum Gasteiger partial charge on any atom is 0.317 e. The Labute approximate surface area is 209 Å². The zero-order chi connectivity index (χ0) is 24.2. The molecule has 0 aliphatic carbocycles. The minimum Gasteiger partial charge on any atom is -0.338 e. The van der Waals surface area contributed by atoms with E-state index in [0.29, 0.717) is 32.7 Å². The molecule has 0 bridgehead atoms. The van der Waals surface area contributed by atoms with Gasteiger partial charge in [-0.3, -0.25) is 9.69 Å². The first-order chi connectivity index (χ1) is 17.1. The number of thiophene rings is 1. The van der Waals surface area contributed by atoms with Crippen molar-refractivity contribution in [2.75, 3.05) is 39.3 Å². The van der Waals surface area contributed by atoms with Crippen LogP contribution in [0, 0.1) is 5.82 Å². The Morgan fingerprint density at radius 2 is 1.71 bits per heavy atom. The first kappa shape index (κ1) is 23.5. The minimum atomic E-state index is -0.266. The van der Waals surface area contributed by atoms with Gasteiger partial charge in [-0.25, -0.2) is 9.18 Å². The fourth-order valence-corrected chi connectivity index (χ4v) is 5.83. The lowest BCUT2D eigenvalue weighted by Gasteiger charge is -2.39. The molecule has 2 aliphatic heterocycles. The van der Waals surface area contributed by atoms with Crippen LogP contribution in [0.4, 0.5) is 9.18 Å². The fraction of sp³-hybridized carbons (Fsp3) is 0.333. The van der Waals surface area contributed by atoms with Gasteiger partial charge in [-0.05, 0) is 46.7 Å². The molecule has 1 fully saturated rings. The van der Waals surface area contributed by atoms with E-state index < -0.39 is 0 Å². The standard InChI is InChI=1S/C27H29FN4O2S/c28-22-8-4-7-21(17-22)26-23-10-16-35-24(23)9-11-32(26)19-25(33)30-12-14-31(15-13-30)27(34)29-18-20-5-2-1-3-6-20/h1-8,10,16-17,26H,9,11-15,18-19H2,(H,29,34). The highest BCUT2D eigenvalue weighted by atomic mass is 32.1. The maximum atomic E-state index is 14.0. The second-order valence-electron chi connectivity index (χ2n) is 8.99. The number of nitrogens with zero attached hydrogens (tertiary/aromatic N) is 3. The molecule has 1 aromatic heterocycles. The number of hydrogen-bond acceptors (Lipinski definition) is 4. The Bertz CT molecular complexity index is 1180. The lowest BCUT2D eigenvalue weighted by Crippen LogP contribution is -2.55. The lowest BCUT2D eigenvalue weighted by atomic mass is 9.93. The van der Waals surface area contributed by atoms with Crippen LogP contribution >= 0.6 is 11.3 Å². The van der Waals surface area contributed by atoms with Crippen molar-refractivity contribution in [3.05, 3.63) is 93.4 Å². The molecule has 1 unspecified atom stereocenters. The van der Waals surface area contributed by atoms with Gasteiger partial charge in [0.1, 0.15) is 5.82 Å². The number of urea groups is 1. The van der Waals surface area contributed by atoms with E-state index in [1.54, 1.807) is 28.4 Å². The Kier molecular flexibility index (Phi) is 7.11. The van der Waals surface area contributed by atoms with Gasteiger partial charge in [0, 0.05) is 44.1 Å². The second kappa shape index (κ2) is 10.6. The SMILES string of the molecule is O=C(CN1CCc2sccc2C1c1cccc(F)c1)N1CCN(C(=O)NCc2ccccc2)CC1. The summed E-state index contributed by atoms with van der Waals surface area (Å²) in [7, 11) is 0. The summed E-state index contributed by atoms with van der Waals surface area (Å²) in [4.78, 5) is 32.9. The van der Waals surface area contributed by atoms with Gasteiger partial charge in [-0.2, -0.15) is 0 Å². The van der Waals surface area contributed by atoms with Crippen LogP contribution in [0.2, 0.25) is 0 Å². The van der Waals surface area contributed by atoms with E-state index in [1.807, 2.05) is 41.3 Å². The van der Waals surface area contributed by atoms with Crippen LogP contribution in [0.1, 0.15) is 27.6 Å². The molecular formula is C27H29FN4O2S. The normalized spacial score (nSPS) is 18.3. The summed E-state index contributed by atoms with van der Waals surface area (Å²) in [5.74, 6) is -0.216. The Morgan fingerprint density at radius 1 is 0.943 bits per heavy atom. The molecule has 3 amide bonds. The van der Waals surface area contributed by atoms with Gasteiger partial charge in [-0.1, -0.05) is 42.5 Å². The molecule has 2 aromatic carbocycles. The first-order valence-electron chi connectivity index (χ1n) is 12.0. The zero-order valence-electron chi connectivity index (χ0n) is 19.5.